The molecule has 7 nitrogen and oxygen atoms in total. The van der Waals surface area contributed by atoms with Gasteiger partial charge in [0.05, 0.1) is 6.04 Å². The summed E-state index contributed by atoms with van der Waals surface area (Å²) in [7, 11) is 0. The van der Waals surface area contributed by atoms with Crippen LogP contribution in [0.25, 0.3) is 0 Å². The number of nitrogens with zero attached hydrogens (tertiary/aromatic N) is 2. The number of carboxylic acids is 1. The first-order valence-corrected chi connectivity index (χ1v) is 8.83. The molecule has 0 fully saturated rings. The summed E-state index contributed by atoms with van der Waals surface area (Å²) < 4.78 is 1.97. The van der Waals surface area contributed by atoms with Crippen molar-refractivity contribution in [1.82, 2.24) is 20.2 Å². The van der Waals surface area contributed by atoms with Crippen molar-refractivity contribution in [3.8, 4) is 0 Å². The quantitative estimate of drug-likeness (QED) is 0.642. The van der Waals surface area contributed by atoms with Crippen molar-refractivity contribution in [2.24, 2.45) is 0 Å². The molecule has 0 bridgehead atoms. The highest BCUT2D eigenvalue weighted by Crippen LogP contribution is 2.11. The van der Waals surface area contributed by atoms with Crippen LogP contribution in [0.2, 0.25) is 0 Å². The topological polar surface area (TPSA) is 96.3 Å². The lowest BCUT2D eigenvalue weighted by Gasteiger charge is -2.21. The van der Waals surface area contributed by atoms with Crippen molar-refractivity contribution in [2.75, 3.05) is 0 Å². The second-order valence-electron chi connectivity index (χ2n) is 6.23. The number of benzene rings is 1. The fourth-order valence-corrected chi connectivity index (χ4v) is 2.88. The number of amides is 2. The zero-order chi connectivity index (χ0) is 18.9. The summed E-state index contributed by atoms with van der Waals surface area (Å²) in [4.78, 5) is 27.6. The maximum absolute atomic E-state index is 12.4. The second-order valence-corrected chi connectivity index (χ2v) is 6.23. The number of urea groups is 1. The summed E-state index contributed by atoms with van der Waals surface area (Å²) in [6.45, 7) is 4.66. The van der Waals surface area contributed by atoms with E-state index in [4.69, 9.17) is 5.11 Å². The van der Waals surface area contributed by atoms with Crippen molar-refractivity contribution >= 4 is 12.0 Å². The third kappa shape index (κ3) is 5.91. The molecule has 0 aliphatic rings. The van der Waals surface area contributed by atoms with E-state index in [0.29, 0.717) is 12.8 Å². The van der Waals surface area contributed by atoms with E-state index in [-0.39, 0.29) is 24.5 Å². The van der Waals surface area contributed by atoms with Gasteiger partial charge in [-0.15, -0.1) is 0 Å². The van der Waals surface area contributed by atoms with Crippen LogP contribution in [0.3, 0.4) is 0 Å². The van der Waals surface area contributed by atoms with E-state index >= 15 is 0 Å². The molecule has 1 aromatic carbocycles. The Morgan fingerprint density at radius 2 is 1.96 bits per heavy atom. The summed E-state index contributed by atoms with van der Waals surface area (Å²) in [5.41, 5.74) is 1.05. The number of hydrogen-bond donors (Lipinski definition) is 3. The van der Waals surface area contributed by atoms with E-state index in [1.807, 2.05) is 54.9 Å². The van der Waals surface area contributed by atoms with Crippen LogP contribution in [-0.2, 0) is 17.8 Å². The molecule has 0 spiro atoms. The van der Waals surface area contributed by atoms with E-state index in [1.54, 1.807) is 6.20 Å². The minimum Gasteiger partial charge on any atom is -0.481 e. The Hall–Kier alpha value is -2.83. The van der Waals surface area contributed by atoms with Gasteiger partial charge in [0, 0.05) is 31.4 Å². The Balaban J connectivity index is 1.97. The molecule has 2 amide bonds. The molecule has 2 atom stereocenters. The molecular weight excluding hydrogens is 332 g/mol. The van der Waals surface area contributed by atoms with Crippen LogP contribution in [0.1, 0.15) is 44.1 Å². The third-order valence-electron chi connectivity index (χ3n) is 4.19. The smallest absolute Gasteiger partial charge is 0.315 e. The molecule has 1 aromatic heterocycles. The first-order chi connectivity index (χ1) is 12.5. The molecule has 0 saturated heterocycles. The van der Waals surface area contributed by atoms with E-state index in [1.165, 1.54) is 0 Å². The van der Waals surface area contributed by atoms with Crippen LogP contribution < -0.4 is 10.6 Å². The highest BCUT2D eigenvalue weighted by atomic mass is 16.4. The van der Waals surface area contributed by atoms with Gasteiger partial charge in [0.25, 0.3) is 0 Å². The molecule has 0 radical (unpaired) electrons. The van der Waals surface area contributed by atoms with Gasteiger partial charge < -0.3 is 20.3 Å². The summed E-state index contributed by atoms with van der Waals surface area (Å²) in [6, 6.07) is 8.88. The van der Waals surface area contributed by atoms with Crippen LogP contribution in [0.4, 0.5) is 4.79 Å². The molecule has 140 valence electrons. The van der Waals surface area contributed by atoms with Gasteiger partial charge in [0.1, 0.15) is 5.82 Å². The standard InChI is InChI=1S/C19H26N4O3/c1-3-23-12-11-20-18(23)14(2)21-19(26)22-16(9-10-17(24)25)13-15-7-5-4-6-8-15/h4-8,11-12,14,16H,3,9-10,13H2,1-2H3,(H,24,25)(H2,21,22,26). The summed E-state index contributed by atoms with van der Waals surface area (Å²) >= 11 is 0. The first-order valence-electron chi connectivity index (χ1n) is 8.83. The van der Waals surface area contributed by atoms with Gasteiger partial charge in [0.2, 0.25) is 0 Å². The number of carboxylic acid groups (broad SMARTS) is 1. The fourth-order valence-electron chi connectivity index (χ4n) is 2.88. The van der Waals surface area contributed by atoms with E-state index < -0.39 is 5.97 Å². The predicted molar refractivity (Wildman–Crippen MR) is 98.8 cm³/mol. The SMILES string of the molecule is CCn1ccnc1C(C)NC(=O)NC(CCC(=O)O)Cc1ccccc1. The average Bonchev–Trinajstić information content (AvgIpc) is 3.09. The second kappa shape index (κ2) is 9.60. The number of hydrogen-bond acceptors (Lipinski definition) is 3. The third-order valence-corrected chi connectivity index (χ3v) is 4.19. The lowest BCUT2D eigenvalue weighted by molar-refractivity contribution is -0.137. The van der Waals surface area contributed by atoms with Crippen molar-refractivity contribution in [3.05, 3.63) is 54.1 Å². The molecule has 26 heavy (non-hydrogen) atoms. The lowest BCUT2D eigenvalue weighted by Crippen LogP contribution is -2.44. The number of carbonyl (C=O) groups excluding carboxylic acids is 1. The Morgan fingerprint density at radius 3 is 2.62 bits per heavy atom. The maximum atomic E-state index is 12.4. The number of aryl methyl sites for hydroxylation is 1. The van der Waals surface area contributed by atoms with Gasteiger partial charge in [-0.25, -0.2) is 9.78 Å². The normalized spacial score (nSPS) is 13.0. The first kappa shape index (κ1) is 19.5. The van der Waals surface area contributed by atoms with Gasteiger partial charge in [-0.1, -0.05) is 30.3 Å². The number of rotatable bonds is 9. The van der Waals surface area contributed by atoms with Crippen LogP contribution in [0.15, 0.2) is 42.7 Å². The molecule has 0 aliphatic heterocycles. The monoisotopic (exact) mass is 358 g/mol. The molecule has 2 unspecified atom stereocenters. The Labute approximate surface area is 153 Å². The number of aliphatic carboxylic acids is 1. The van der Waals surface area contributed by atoms with E-state index in [2.05, 4.69) is 15.6 Å². The zero-order valence-corrected chi connectivity index (χ0v) is 15.2. The number of nitrogens with one attached hydrogen (secondary N) is 2. The summed E-state index contributed by atoms with van der Waals surface area (Å²) in [5.74, 6) is -0.0867. The van der Waals surface area contributed by atoms with Crippen LogP contribution in [0.5, 0.6) is 0 Å². The number of imidazole rings is 1. The van der Waals surface area contributed by atoms with E-state index in [9.17, 15) is 9.59 Å². The van der Waals surface area contributed by atoms with Crippen molar-refractivity contribution in [2.45, 2.75) is 51.7 Å². The van der Waals surface area contributed by atoms with Gasteiger partial charge in [-0.2, -0.15) is 0 Å². The minimum atomic E-state index is -0.872. The van der Waals surface area contributed by atoms with Gasteiger partial charge in [-0.3, -0.25) is 4.79 Å². The molecule has 1 heterocycles. The predicted octanol–water partition coefficient (Wildman–Crippen LogP) is 2.74. The highest BCUT2D eigenvalue weighted by Gasteiger charge is 2.18. The Kier molecular flexibility index (Phi) is 7.20. The Bertz CT molecular complexity index is 715. The molecule has 2 aromatic rings. The summed E-state index contributed by atoms with van der Waals surface area (Å²) in [5, 5.41) is 14.7. The number of carbonyl (C=O) groups is 2. The largest absolute Gasteiger partial charge is 0.481 e. The van der Waals surface area contributed by atoms with Gasteiger partial charge >= 0.3 is 12.0 Å². The van der Waals surface area contributed by atoms with Crippen LogP contribution >= 0.6 is 0 Å². The van der Waals surface area contributed by atoms with Crippen molar-refractivity contribution in [1.29, 1.82) is 0 Å². The average molecular weight is 358 g/mol. The summed E-state index contributed by atoms with van der Waals surface area (Å²) in [6.07, 6.45) is 4.54. The van der Waals surface area contributed by atoms with E-state index in [0.717, 1.165) is 17.9 Å². The molecular formula is C19H26N4O3. The lowest BCUT2D eigenvalue weighted by atomic mass is 10.0. The fraction of sp³-hybridized carbons (Fsp3) is 0.421. The zero-order valence-electron chi connectivity index (χ0n) is 15.2. The van der Waals surface area contributed by atoms with Crippen LogP contribution in [-0.4, -0.2) is 32.7 Å². The minimum absolute atomic E-state index is 0.00751. The van der Waals surface area contributed by atoms with Crippen LogP contribution in [0, 0.1) is 0 Å². The molecule has 7 heteroatoms. The van der Waals surface area contributed by atoms with Gasteiger partial charge in [0.15, 0.2) is 0 Å². The molecule has 3 N–H and O–H groups in total. The van der Waals surface area contributed by atoms with Crippen molar-refractivity contribution in [3.63, 3.8) is 0 Å². The maximum Gasteiger partial charge on any atom is 0.315 e. The highest BCUT2D eigenvalue weighted by molar-refractivity contribution is 5.74. The molecule has 0 aliphatic carbocycles. The van der Waals surface area contributed by atoms with Gasteiger partial charge in [-0.05, 0) is 32.3 Å². The number of aromatic nitrogens is 2. The molecule has 2 rings (SSSR count). The Morgan fingerprint density at radius 1 is 1.23 bits per heavy atom. The van der Waals surface area contributed by atoms with Crippen molar-refractivity contribution < 1.29 is 14.7 Å². The molecule has 0 saturated carbocycles.